The lowest BCUT2D eigenvalue weighted by atomic mass is 9.78. The van der Waals surface area contributed by atoms with Crippen LogP contribution < -0.4 is 5.56 Å². The fourth-order valence-electron chi connectivity index (χ4n) is 4.53. The Kier molecular flexibility index (Phi) is 4.74. The maximum absolute atomic E-state index is 12.9. The summed E-state index contributed by atoms with van der Waals surface area (Å²) in [6.07, 6.45) is 4.51. The van der Waals surface area contributed by atoms with E-state index in [1.54, 1.807) is 21.6 Å². The number of amides is 1. The van der Waals surface area contributed by atoms with Crippen molar-refractivity contribution in [3.05, 3.63) is 46.0 Å². The summed E-state index contributed by atoms with van der Waals surface area (Å²) in [5.41, 5.74) is 2.01. The van der Waals surface area contributed by atoms with E-state index in [0.717, 1.165) is 43.6 Å². The standard InChI is InChI=1S/C20H26N4O3/c1-15-3-4-17-21-16(11-18(26)24(17)12-15)13-22-8-6-20(14-22)5-2-7-23(9-10-25)19(20)27/h3-4,11-12,25H,2,5-10,13-14H2,1H3/t20-/m0/s1. The molecule has 4 heterocycles. The molecule has 0 aromatic carbocycles. The molecule has 0 saturated carbocycles. The number of β-amino-alcohol motifs (C(OH)–C–C–N with tert-alkyl or cyclic N) is 1. The van der Waals surface area contributed by atoms with Gasteiger partial charge < -0.3 is 10.0 Å². The first-order valence-corrected chi connectivity index (χ1v) is 9.62. The highest BCUT2D eigenvalue weighted by molar-refractivity contribution is 5.84. The Balaban J connectivity index is 1.52. The zero-order valence-corrected chi connectivity index (χ0v) is 15.7. The van der Waals surface area contributed by atoms with E-state index < -0.39 is 0 Å². The second-order valence-electron chi connectivity index (χ2n) is 7.88. The zero-order valence-electron chi connectivity index (χ0n) is 15.7. The van der Waals surface area contributed by atoms with Gasteiger partial charge in [0.1, 0.15) is 5.65 Å². The number of pyridine rings is 1. The quantitative estimate of drug-likeness (QED) is 0.862. The number of rotatable bonds is 4. The number of carbonyl (C=O) groups excluding carboxylic acids is 1. The highest BCUT2D eigenvalue weighted by Gasteiger charge is 2.48. The van der Waals surface area contributed by atoms with Crippen LogP contribution in [-0.4, -0.2) is 63.0 Å². The molecule has 1 atom stereocenters. The van der Waals surface area contributed by atoms with Crippen molar-refractivity contribution in [2.45, 2.75) is 32.7 Å². The van der Waals surface area contributed by atoms with E-state index in [9.17, 15) is 14.7 Å². The topological polar surface area (TPSA) is 78.2 Å². The van der Waals surface area contributed by atoms with Crippen LogP contribution in [-0.2, 0) is 11.3 Å². The van der Waals surface area contributed by atoms with Crippen LogP contribution in [0.4, 0.5) is 0 Å². The molecule has 2 aromatic rings. The van der Waals surface area contributed by atoms with Gasteiger partial charge in [0.05, 0.1) is 17.7 Å². The van der Waals surface area contributed by atoms with E-state index in [4.69, 9.17) is 0 Å². The minimum atomic E-state index is -0.337. The van der Waals surface area contributed by atoms with Crippen LogP contribution in [0, 0.1) is 12.3 Å². The molecule has 1 spiro atoms. The second kappa shape index (κ2) is 7.05. The van der Waals surface area contributed by atoms with Gasteiger partial charge in [-0.3, -0.25) is 18.9 Å². The summed E-state index contributed by atoms with van der Waals surface area (Å²) < 4.78 is 1.57. The van der Waals surface area contributed by atoms with Gasteiger partial charge in [-0.05, 0) is 44.4 Å². The van der Waals surface area contributed by atoms with Gasteiger partial charge in [-0.1, -0.05) is 6.07 Å². The van der Waals surface area contributed by atoms with Gasteiger partial charge in [0, 0.05) is 38.4 Å². The molecule has 144 valence electrons. The molecule has 27 heavy (non-hydrogen) atoms. The number of hydrogen-bond donors (Lipinski definition) is 1. The molecule has 2 fully saturated rings. The number of aromatic nitrogens is 2. The molecule has 1 amide bonds. The van der Waals surface area contributed by atoms with Gasteiger partial charge in [0.25, 0.3) is 5.56 Å². The smallest absolute Gasteiger partial charge is 0.258 e. The molecule has 2 aliphatic rings. The summed E-state index contributed by atoms with van der Waals surface area (Å²) in [7, 11) is 0. The monoisotopic (exact) mass is 370 g/mol. The average Bonchev–Trinajstić information content (AvgIpc) is 3.04. The predicted molar refractivity (Wildman–Crippen MR) is 101 cm³/mol. The molecule has 1 N–H and O–H groups in total. The van der Waals surface area contributed by atoms with Crippen molar-refractivity contribution >= 4 is 11.6 Å². The molecule has 2 saturated heterocycles. The molecule has 2 aromatic heterocycles. The molecule has 0 aliphatic carbocycles. The highest BCUT2D eigenvalue weighted by atomic mass is 16.3. The summed E-state index contributed by atoms with van der Waals surface area (Å²) in [6.45, 7) is 5.22. The number of nitrogens with zero attached hydrogens (tertiary/aromatic N) is 4. The van der Waals surface area contributed by atoms with E-state index in [1.165, 1.54) is 0 Å². The van der Waals surface area contributed by atoms with Gasteiger partial charge in [0.2, 0.25) is 5.91 Å². The second-order valence-corrected chi connectivity index (χ2v) is 7.88. The summed E-state index contributed by atoms with van der Waals surface area (Å²) in [5.74, 6) is 0.173. The van der Waals surface area contributed by atoms with E-state index >= 15 is 0 Å². The normalized spacial score (nSPS) is 23.6. The molecule has 4 rings (SSSR count). The van der Waals surface area contributed by atoms with Crippen molar-refractivity contribution in [3.63, 3.8) is 0 Å². The lowest BCUT2D eigenvalue weighted by molar-refractivity contribution is -0.146. The molecular formula is C20H26N4O3. The highest BCUT2D eigenvalue weighted by Crippen LogP contribution is 2.40. The Labute approximate surface area is 158 Å². The van der Waals surface area contributed by atoms with Crippen molar-refractivity contribution in [1.29, 1.82) is 0 Å². The largest absolute Gasteiger partial charge is 0.395 e. The van der Waals surface area contributed by atoms with E-state index in [2.05, 4.69) is 9.88 Å². The van der Waals surface area contributed by atoms with Gasteiger partial charge in [0.15, 0.2) is 0 Å². The predicted octanol–water partition coefficient (Wildman–Crippen LogP) is 0.810. The molecular weight excluding hydrogens is 344 g/mol. The van der Waals surface area contributed by atoms with Crippen LogP contribution in [0.5, 0.6) is 0 Å². The Morgan fingerprint density at radius 2 is 2.07 bits per heavy atom. The number of aliphatic hydroxyl groups excluding tert-OH is 1. The first kappa shape index (κ1) is 18.1. The minimum Gasteiger partial charge on any atom is -0.395 e. The average molecular weight is 370 g/mol. The lowest BCUT2D eigenvalue weighted by Gasteiger charge is -2.39. The van der Waals surface area contributed by atoms with Crippen molar-refractivity contribution in [2.24, 2.45) is 5.41 Å². The number of carbonyl (C=O) groups is 1. The third-order valence-corrected chi connectivity index (χ3v) is 5.87. The van der Waals surface area contributed by atoms with Crippen LogP contribution in [0.1, 0.15) is 30.5 Å². The number of piperidine rings is 1. The van der Waals surface area contributed by atoms with E-state index in [-0.39, 0.29) is 23.5 Å². The summed E-state index contributed by atoms with van der Waals surface area (Å²) in [5, 5.41) is 9.20. The maximum Gasteiger partial charge on any atom is 0.258 e. The molecule has 0 bridgehead atoms. The molecule has 0 unspecified atom stereocenters. The summed E-state index contributed by atoms with van der Waals surface area (Å²) in [4.78, 5) is 34.0. The summed E-state index contributed by atoms with van der Waals surface area (Å²) in [6, 6.07) is 5.41. The number of fused-ring (bicyclic) bond motifs is 1. The van der Waals surface area contributed by atoms with Crippen LogP contribution in [0.2, 0.25) is 0 Å². The Morgan fingerprint density at radius 1 is 1.22 bits per heavy atom. The Hall–Kier alpha value is -2.25. The summed E-state index contributed by atoms with van der Waals surface area (Å²) >= 11 is 0. The van der Waals surface area contributed by atoms with E-state index in [1.807, 2.05) is 19.1 Å². The van der Waals surface area contributed by atoms with Crippen LogP contribution in [0.15, 0.2) is 29.2 Å². The molecule has 7 heteroatoms. The van der Waals surface area contributed by atoms with Crippen LogP contribution >= 0.6 is 0 Å². The number of aryl methyl sites for hydroxylation is 1. The number of hydrogen-bond acceptors (Lipinski definition) is 5. The Bertz CT molecular complexity index is 923. The number of aliphatic hydroxyl groups is 1. The first-order chi connectivity index (χ1) is 13.0. The van der Waals surface area contributed by atoms with E-state index in [0.29, 0.717) is 25.3 Å². The van der Waals surface area contributed by atoms with Gasteiger partial charge in [-0.25, -0.2) is 4.98 Å². The van der Waals surface area contributed by atoms with Crippen molar-refractivity contribution < 1.29 is 9.90 Å². The van der Waals surface area contributed by atoms with Crippen molar-refractivity contribution in [1.82, 2.24) is 19.2 Å². The number of likely N-dealkylation sites (tertiary alicyclic amines) is 2. The van der Waals surface area contributed by atoms with Gasteiger partial charge >= 0.3 is 0 Å². The van der Waals surface area contributed by atoms with Gasteiger partial charge in [-0.15, -0.1) is 0 Å². The molecule has 7 nitrogen and oxygen atoms in total. The lowest BCUT2D eigenvalue weighted by Crippen LogP contribution is -2.50. The third-order valence-electron chi connectivity index (χ3n) is 5.87. The Morgan fingerprint density at radius 3 is 2.89 bits per heavy atom. The first-order valence-electron chi connectivity index (χ1n) is 9.62. The van der Waals surface area contributed by atoms with Crippen molar-refractivity contribution in [3.8, 4) is 0 Å². The molecule has 0 radical (unpaired) electrons. The molecule has 2 aliphatic heterocycles. The minimum absolute atomic E-state index is 0.00988. The fraction of sp³-hybridized carbons (Fsp3) is 0.550. The fourth-order valence-corrected chi connectivity index (χ4v) is 4.53. The van der Waals surface area contributed by atoms with Gasteiger partial charge in [-0.2, -0.15) is 0 Å². The SMILES string of the molecule is Cc1ccc2nc(CN3CC[C@@]4(CCCN(CCO)C4=O)C3)cc(=O)n2c1. The van der Waals surface area contributed by atoms with Crippen LogP contribution in [0.3, 0.4) is 0 Å². The maximum atomic E-state index is 12.9. The zero-order chi connectivity index (χ0) is 19.0. The third kappa shape index (κ3) is 3.37. The van der Waals surface area contributed by atoms with Crippen LogP contribution in [0.25, 0.3) is 5.65 Å². The van der Waals surface area contributed by atoms with Crippen molar-refractivity contribution in [2.75, 3.05) is 32.8 Å².